The molecule has 0 aliphatic carbocycles. The average molecular weight is 418 g/mol. The molecule has 1 rings (SSSR count). The molecule has 0 spiro atoms. The number of unbranched alkanes of at least 4 members (excludes halogenated alkanes) is 1. The minimum atomic E-state index is -0.612. The van der Waals surface area contributed by atoms with Gasteiger partial charge < -0.3 is 9.84 Å². The third kappa shape index (κ3) is 5.23. The van der Waals surface area contributed by atoms with E-state index in [2.05, 4.69) is 42.5 Å². The van der Waals surface area contributed by atoms with Crippen molar-refractivity contribution in [1.29, 1.82) is 0 Å². The summed E-state index contributed by atoms with van der Waals surface area (Å²) >= 11 is 2.26. The van der Waals surface area contributed by atoms with E-state index in [0.717, 1.165) is 34.8 Å². The van der Waals surface area contributed by atoms with Crippen molar-refractivity contribution in [2.45, 2.75) is 51.9 Å². The Balaban J connectivity index is 2.79. The Hall–Kier alpha value is -0.620. The van der Waals surface area contributed by atoms with E-state index < -0.39 is 5.41 Å². The topological polar surface area (TPSA) is 46.5 Å². The van der Waals surface area contributed by atoms with Crippen LogP contribution in [0.4, 0.5) is 0 Å². The third-order valence-electron chi connectivity index (χ3n) is 4.31. The maximum absolute atomic E-state index is 12.3. The van der Waals surface area contributed by atoms with Gasteiger partial charge in [-0.3, -0.25) is 4.79 Å². The van der Waals surface area contributed by atoms with Crippen LogP contribution in [-0.2, 0) is 14.9 Å². The zero-order valence-corrected chi connectivity index (χ0v) is 16.1. The number of esters is 1. The second-order valence-corrected chi connectivity index (χ2v) is 8.11. The van der Waals surface area contributed by atoms with E-state index in [1.807, 2.05) is 25.1 Å². The number of carbonyl (C=O) groups excluding carboxylic acids is 1. The van der Waals surface area contributed by atoms with Crippen molar-refractivity contribution >= 4 is 28.6 Å². The number of ether oxygens (including phenoxy) is 1. The van der Waals surface area contributed by atoms with Crippen LogP contribution in [0.3, 0.4) is 0 Å². The fourth-order valence-electron chi connectivity index (χ4n) is 2.58. The zero-order chi connectivity index (χ0) is 16.8. The van der Waals surface area contributed by atoms with Crippen molar-refractivity contribution in [3.05, 3.63) is 33.4 Å². The van der Waals surface area contributed by atoms with Crippen LogP contribution < -0.4 is 0 Å². The quantitative estimate of drug-likeness (QED) is 0.389. The number of hydrogen-bond donors (Lipinski definition) is 1. The van der Waals surface area contributed by atoms with Crippen LogP contribution in [0.2, 0.25) is 0 Å². The Morgan fingerprint density at radius 2 is 1.86 bits per heavy atom. The number of carbonyl (C=O) groups is 1. The van der Waals surface area contributed by atoms with E-state index in [1.54, 1.807) is 0 Å². The predicted octanol–water partition coefficient (Wildman–Crippen LogP) is 4.30. The summed E-state index contributed by atoms with van der Waals surface area (Å²) in [5, 5.41) is 9.31. The molecule has 0 bridgehead atoms. The molecule has 0 radical (unpaired) electrons. The molecular formula is C18H27IO3. The lowest BCUT2D eigenvalue weighted by molar-refractivity contribution is -0.147. The molecular weight excluding hydrogens is 391 g/mol. The first-order valence-electron chi connectivity index (χ1n) is 7.70. The second-order valence-electron chi connectivity index (χ2n) is 6.86. The first kappa shape index (κ1) is 19.4. The van der Waals surface area contributed by atoms with Gasteiger partial charge in [0.2, 0.25) is 0 Å². The van der Waals surface area contributed by atoms with Gasteiger partial charge in [0, 0.05) is 10.2 Å². The fourth-order valence-corrected chi connectivity index (χ4v) is 3.13. The monoisotopic (exact) mass is 418 g/mol. The SMILES string of the molecule is COC(=O)C(C)(CCCCC(C)(C)CO)c1cccc(I)c1. The number of halogens is 1. The lowest BCUT2D eigenvalue weighted by Crippen LogP contribution is -2.34. The van der Waals surface area contributed by atoms with E-state index in [9.17, 15) is 9.90 Å². The van der Waals surface area contributed by atoms with Crippen molar-refractivity contribution in [3.8, 4) is 0 Å². The Morgan fingerprint density at radius 3 is 2.41 bits per heavy atom. The Morgan fingerprint density at radius 1 is 1.23 bits per heavy atom. The predicted molar refractivity (Wildman–Crippen MR) is 97.9 cm³/mol. The summed E-state index contributed by atoms with van der Waals surface area (Å²) in [6.45, 7) is 6.28. The molecule has 22 heavy (non-hydrogen) atoms. The molecule has 0 saturated carbocycles. The molecule has 0 amide bonds. The molecule has 0 aliphatic heterocycles. The van der Waals surface area contributed by atoms with Gasteiger partial charge in [0.05, 0.1) is 12.5 Å². The number of methoxy groups -OCH3 is 1. The van der Waals surface area contributed by atoms with Crippen molar-refractivity contribution in [3.63, 3.8) is 0 Å². The van der Waals surface area contributed by atoms with Crippen LogP contribution in [-0.4, -0.2) is 24.8 Å². The summed E-state index contributed by atoms with van der Waals surface area (Å²) in [4.78, 5) is 12.3. The zero-order valence-electron chi connectivity index (χ0n) is 14.0. The fraction of sp³-hybridized carbons (Fsp3) is 0.611. The highest BCUT2D eigenvalue weighted by atomic mass is 127. The molecule has 0 aliphatic rings. The maximum atomic E-state index is 12.3. The highest BCUT2D eigenvalue weighted by Crippen LogP contribution is 2.33. The van der Waals surface area contributed by atoms with Crippen LogP contribution in [0.15, 0.2) is 24.3 Å². The summed E-state index contributed by atoms with van der Waals surface area (Å²) in [5.41, 5.74) is 0.343. The van der Waals surface area contributed by atoms with Gasteiger partial charge in [-0.25, -0.2) is 0 Å². The largest absolute Gasteiger partial charge is 0.468 e. The average Bonchev–Trinajstić information content (AvgIpc) is 2.50. The molecule has 1 N–H and O–H groups in total. The van der Waals surface area contributed by atoms with Gasteiger partial charge in [0.1, 0.15) is 0 Å². The van der Waals surface area contributed by atoms with E-state index in [4.69, 9.17) is 4.74 Å². The molecule has 0 fully saturated rings. The van der Waals surface area contributed by atoms with Crippen LogP contribution in [0.1, 0.15) is 52.0 Å². The normalized spacial score (nSPS) is 14.5. The summed E-state index contributed by atoms with van der Waals surface area (Å²) < 4.78 is 6.16. The van der Waals surface area contributed by atoms with E-state index in [1.165, 1.54) is 7.11 Å². The van der Waals surface area contributed by atoms with Gasteiger partial charge in [0.15, 0.2) is 0 Å². The number of rotatable bonds is 8. The molecule has 1 atom stereocenters. The Labute approximate surface area is 147 Å². The molecule has 4 heteroatoms. The van der Waals surface area contributed by atoms with E-state index in [-0.39, 0.29) is 18.0 Å². The number of hydrogen-bond acceptors (Lipinski definition) is 3. The van der Waals surface area contributed by atoms with Crippen molar-refractivity contribution in [1.82, 2.24) is 0 Å². The van der Waals surface area contributed by atoms with Crippen molar-refractivity contribution < 1.29 is 14.6 Å². The molecule has 0 aromatic heterocycles. The summed E-state index contributed by atoms with van der Waals surface area (Å²) in [6.07, 6.45) is 3.62. The molecule has 124 valence electrons. The van der Waals surface area contributed by atoms with Crippen LogP contribution >= 0.6 is 22.6 Å². The molecule has 1 unspecified atom stereocenters. The molecule has 1 aromatic carbocycles. The van der Waals surface area contributed by atoms with Crippen LogP contribution in [0.25, 0.3) is 0 Å². The van der Waals surface area contributed by atoms with Crippen molar-refractivity contribution in [2.24, 2.45) is 5.41 Å². The number of aliphatic hydroxyl groups excluding tert-OH is 1. The lowest BCUT2D eigenvalue weighted by Gasteiger charge is -2.28. The minimum absolute atomic E-state index is 0.0518. The first-order valence-corrected chi connectivity index (χ1v) is 8.78. The van der Waals surface area contributed by atoms with Gasteiger partial charge in [-0.1, -0.05) is 38.8 Å². The second kappa shape index (κ2) is 8.29. The molecule has 1 aromatic rings. The van der Waals surface area contributed by atoms with Gasteiger partial charge in [0.25, 0.3) is 0 Å². The Kier molecular flexibility index (Phi) is 7.32. The van der Waals surface area contributed by atoms with Crippen LogP contribution in [0, 0.1) is 8.99 Å². The number of benzene rings is 1. The third-order valence-corrected chi connectivity index (χ3v) is 4.98. The number of aliphatic hydroxyl groups is 1. The molecule has 0 saturated heterocycles. The molecule has 3 nitrogen and oxygen atoms in total. The van der Waals surface area contributed by atoms with Crippen molar-refractivity contribution in [2.75, 3.05) is 13.7 Å². The highest BCUT2D eigenvalue weighted by Gasteiger charge is 2.36. The summed E-state index contributed by atoms with van der Waals surface area (Å²) in [7, 11) is 1.45. The highest BCUT2D eigenvalue weighted by molar-refractivity contribution is 14.1. The van der Waals surface area contributed by atoms with Gasteiger partial charge in [-0.2, -0.15) is 0 Å². The summed E-state index contributed by atoms with van der Waals surface area (Å²) in [5.74, 6) is -0.184. The summed E-state index contributed by atoms with van der Waals surface area (Å²) in [6, 6.07) is 8.05. The Bertz CT molecular complexity index is 499. The minimum Gasteiger partial charge on any atom is -0.468 e. The van der Waals surface area contributed by atoms with Crippen LogP contribution in [0.5, 0.6) is 0 Å². The first-order chi connectivity index (χ1) is 10.2. The lowest BCUT2D eigenvalue weighted by atomic mass is 9.77. The van der Waals surface area contributed by atoms with Gasteiger partial charge >= 0.3 is 5.97 Å². The van der Waals surface area contributed by atoms with E-state index in [0.29, 0.717) is 0 Å². The molecule has 0 heterocycles. The van der Waals surface area contributed by atoms with E-state index >= 15 is 0 Å². The maximum Gasteiger partial charge on any atom is 0.315 e. The van der Waals surface area contributed by atoms with Gasteiger partial charge in [-0.05, 0) is 65.5 Å². The van der Waals surface area contributed by atoms with Gasteiger partial charge in [-0.15, -0.1) is 0 Å². The standard InChI is InChI=1S/C18H27IO3/c1-17(2,13-20)10-5-6-11-18(3,16(21)22-4)14-8-7-9-15(19)12-14/h7-9,12,20H,5-6,10-11,13H2,1-4H3. The smallest absolute Gasteiger partial charge is 0.315 e.